The highest BCUT2D eigenvalue weighted by molar-refractivity contribution is 5.75. The predicted molar refractivity (Wildman–Crippen MR) is 140 cm³/mol. The van der Waals surface area contributed by atoms with Gasteiger partial charge >= 0.3 is 6.16 Å². The first-order valence-electron chi connectivity index (χ1n) is 13.2. The van der Waals surface area contributed by atoms with Gasteiger partial charge in [0.25, 0.3) is 0 Å². The summed E-state index contributed by atoms with van der Waals surface area (Å²) in [6.45, 7) is 11.3. The molecule has 1 saturated carbocycles. The van der Waals surface area contributed by atoms with Crippen molar-refractivity contribution in [2.45, 2.75) is 92.2 Å². The topological polar surface area (TPSA) is 73.9 Å². The number of rotatable bonds is 12. The molecule has 1 N–H and O–H groups in total. The van der Waals surface area contributed by atoms with E-state index in [-0.39, 0.29) is 12.0 Å². The third kappa shape index (κ3) is 10.3. The van der Waals surface area contributed by atoms with Crippen LogP contribution in [0.4, 0.5) is 4.79 Å². The molecular formula is C29H45NO5. The van der Waals surface area contributed by atoms with Gasteiger partial charge in [0, 0.05) is 13.0 Å². The van der Waals surface area contributed by atoms with Crippen LogP contribution in [0.5, 0.6) is 11.5 Å². The third-order valence-corrected chi connectivity index (χ3v) is 6.67. The maximum absolute atomic E-state index is 12.6. The Kier molecular flexibility index (Phi) is 12.1. The lowest BCUT2D eigenvalue weighted by molar-refractivity contribution is -0.121. The lowest BCUT2D eigenvalue weighted by Gasteiger charge is -2.36. The number of hydrogen-bond donors (Lipinski definition) is 1. The number of nitrogens with one attached hydrogen (secondary N) is 1. The van der Waals surface area contributed by atoms with E-state index in [0.717, 1.165) is 37.7 Å². The van der Waals surface area contributed by atoms with Crippen LogP contribution in [0.1, 0.15) is 85.1 Å². The molecule has 1 aliphatic rings. The zero-order valence-electron chi connectivity index (χ0n) is 22.5. The van der Waals surface area contributed by atoms with Crippen LogP contribution in [0.15, 0.2) is 30.4 Å². The standard InChI is InChI=1S/C29H45NO5/c1-20(2)11-9-7-8-10-12-28(31)30-19-23-14-16-25(27(18-23)33-6)34-29(32)35-26-17-22(5)13-15-24(26)21(3)4/h9,11,14,16,18,20-22,24,26H,7-8,10,12-13,15,17,19H2,1-6H3,(H,30,31)/t22-,24+,26?/m1/s1. The van der Waals surface area contributed by atoms with E-state index >= 15 is 0 Å². The number of unbranched alkanes of at least 4 members (excludes halogenated alkanes) is 2. The van der Waals surface area contributed by atoms with E-state index in [9.17, 15) is 9.59 Å². The van der Waals surface area contributed by atoms with Gasteiger partial charge in [0.05, 0.1) is 7.11 Å². The third-order valence-electron chi connectivity index (χ3n) is 6.67. The molecule has 1 fully saturated rings. The molecule has 0 radical (unpaired) electrons. The summed E-state index contributed by atoms with van der Waals surface area (Å²) in [5.41, 5.74) is 0.872. The molecule has 0 spiro atoms. The van der Waals surface area contributed by atoms with Crippen molar-refractivity contribution in [1.82, 2.24) is 5.32 Å². The predicted octanol–water partition coefficient (Wildman–Crippen LogP) is 7.06. The highest BCUT2D eigenvalue weighted by atomic mass is 16.7. The Morgan fingerprint density at radius 1 is 1.11 bits per heavy atom. The summed E-state index contributed by atoms with van der Waals surface area (Å²) in [5, 5.41) is 2.95. The van der Waals surface area contributed by atoms with Crippen molar-refractivity contribution in [1.29, 1.82) is 0 Å². The summed E-state index contributed by atoms with van der Waals surface area (Å²) in [5.74, 6) is 2.68. The highest BCUT2D eigenvalue weighted by Gasteiger charge is 2.34. The summed E-state index contributed by atoms with van der Waals surface area (Å²) in [4.78, 5) is 24.7. The van der Waals surface area contributed by atoms with E-state index in [1.54, 1.807) is 12.1 Å². The van der Waals surface area contributed by atoms with Crippen LogP contribution in [0.2, 0.25) is 0 Å². The van der Waals surface area contributed by atoms with E-state index in [1.165, 1.54) is 13.5 Å². The Morgan fingerprint density at radius 2 is 1.89 bits per heavy atom. The number of carbonyl (C=O) groups is 2. The van der Waals surface area contributed by atoms with Gasteiger partial charge in [-0.15, -0.1) is 0 Å². The van der Waals surface area contributed by atoms with Crippen molar-refractivity contribution in [2.75, 3.05) is 7.11 Å². The van der Waals surface area contributed by atoms with Crippen molar-refractivity contribution >= 4 is 12.1 Å². The average Bonchev–Trinajstić information content (AvgIpc) is 2.80. The fourth-order valence-electron chi connectivity index (χ4n) is 4.60. The molecule has 6 heteroatoms. The van der Waals surface area contributed by atoms with Crippen LogP contribution in [0.25, 0.3) is 0 Å². The second-order valence-corrected chi connectivity index (χ2v) is 10.5. The van der Waals surface area contributed by atoms with E-state index in [1.807, 2.05) is 6.07 Å². The number of allylic oxidation sites excluding steroid dienone is 2. The Labute approximate surface area is 211 Å². The number of carbonyl (C=O) groups excluding carboxylic acids is 2. The van der Waals surface area contributed by atoms with Crippen LogP contribution in [-0.4, -0.2) is 25.3 Å². The summed E-state index contributed by atoms with van der Waals surface area (Å²) in [7, 11) is 1.53. The SMILES string of the molecule is COc1cc(CNC(=O)CCCCC=CC(C)C)ccc1OC(=O)OC1C[C@H](C)CC[C@H]1C(C)C. The lowest BCUT2D eigenvalue weighted by atomic mass is 9.75. The number of benzene rings is 1. The molecule has 196 valence electrons. The van der Waals surface area contributed by atoms with E-state index in [2.05, 4.69) is 52.1 Å². The van der Waals surface area contributed by atoms with Crippen molar-refractivity contribution in [2.24, 2.45) is 23.7 Å². The maximum Gasteiger partial charge on any atom is 0.514 e. The molecule has 6 nitrogen and oxygen atoms in total. The Hall–Kier alpha value is -2.50. The van der Waals surface area contributed by atoms with E-state index < -0.39 is 6.16 Å². The molecule has 3 atom stereocenters. The first kappa shape index (κ1) is 28.7. The van der Waals surface area contributed by atoms with Crippen LogP contribution in [0.3, 0.4) is 0 Å². The molecule has 1 aromatic rings. The van der Waals surface area contributed by atoms with Crippen molar-refractivity contribution < 1.29 is 23.8 Å². The molecule has 2 rings (SSSR count). The van der Waals surface area contributed by atoms with Crippen LogP contribution < -0.4 is 14.8 Å². The largest absolute Gasteiger partial charge is 0.514 e. The zero-order valence-corrected chi connectivity index (χ0v) is 22.5. The number of amides is 1. The van der Waals surface area contributed by atoms with Crippen molar-refractivity contribution in [3.8, 4) is 11.5 Å². The minimum Gasteiger partial charge on any atom is -0.493 e. The van der Waals surface area contributed by atoms with Gasteiger partial charge in [-0.25, -0.2) is 4.79 Å². The Bertz CT molecular complexity index is 832. The number of methoxy groups -OCH3 is 1. The highest BCUT2D eigenvalue weighted by Crippen LogP contribution is 2.36. The van der Waals surface area contributed by atoms with Crippen LogP contribution in [0, 0.1) is 23.7 Å². The second-order valence-electron chi connectivity index (χ2n) is 10.5. The molecule has 0 saturated heterocycles. The fraction of sp³-hybridized carbons (Fsp3) is 0.655. The van der Waals surface area contributed by atoms with Gasteiger partial charge in [-0.1, -0.05) is 59.3 Å². The van der Waals surface area contributed by atoms with Gasteiger partial charge in [0.15, 0.2) is 11.5 Å². The van der Waals surface area contributed by atoms with E-state index in [4.69, 9.17) is 14.2 Å². The molecule has 1 unspecified atom stereocenters. The smallest absolute Gasteiger partial charge is 0.493 e. The Balaban J connectivity index is 1.83. The molecule has 0 aliphatic heterocycles. The van der Waals surface area contributed by atoms with Crippen LogP contribution >= 0.6 is 0 Å². The molecule has 0 heterocycles. The van der Waals surface area contributed by atoms with E-state index in [0.29, 0.717) is 48.1 Å². The van der Waals surface area contributed by atoms with Crippen molar-refractivity contribution in [3.63, 3.8) is 0 Å². The quantitative estimate of drug-likeness (QED) is 0.148. The average molecular weight is 488 g/mol. The fourth-order valence-corrected chi connectivity index (χ4v) is 4.60. The minimum atomic E-state index is -0.697. The van der Waals surface area contributed by atoms with Gasteiger partial charge < -0.3 is 19.5 Å². The monoisotopic (exact) mass is 487 g/mol. The summed E-state index contributed by atoms with van der Waals surface area (Å²) in [6.07, 6.45) is 10.0. The van der Waals surface area contributed by atoms with Crippen molar-refractivity contribution in [3.05, 3.63) is 35.9 Å². The molecule has 1 aromatic carbocycles. The summed E-state index contributed by atoms with van der Waals surface area (Å²) in [6, 6.07) is 5.28. The number of ether oxygens (including phenoxy) is 3. The molecule has 0 bridgehead atoms. The Morgan fingerprint density at radius 3 is 2.57 bits per heavy atom. The first-order chi connectivity index (χ1) is 16.7. The molecular weight excluding hydrogens is 442 g/mol. The van der Waals surface area contributed by atoms with Gasteiger partial charge in [-0.3, -0.25) is 4.79 Å². The normalized spacial score (nSPS) is 20.3. The lowest BCUT2D eigenvalue weighted by Crippen LogP contribution is -2.36. The van der Waals surface area contributed by atoms with Gasteiger partial charge in [-0.2, -0.15) is 0 Å². The number of hydrogen-bond acceptors (Lipinski definition) is 5. The van der Waals surface area contributed by atoms with Gasteiger partial charge in [-0.05, 0) is 73.5 Å². The first-order valence-corrected chi connectivity index (χ1v) is 13.2. The van der Waals surface area contributed by atoms with Gasteiger partial charge in [0.2, 0.25) is 5.91 Å². The summed E-state index contributed by atoms with van der Waals surface area (Å²) < 4.78 is 16.7. The van der Waals surface area contributed by atoms with Gasteiger partial charge in [0.1, 0.15) is 6.10 Å². The minimum absolute atomic E-state index is 0.0297. The molecule has 35 heavy (non-hydrogen) atoms. The molecule has 1 aliphatic carbocycles. The zero-order chi connectivity index (χ0) is 25.8. The van der Waals surface area contributed by atoms with Crippen LogP contribution in [-0.2, 0) is 16.1 Å². The summed E-state index contributed by atoms with van der Waals surface area (Å²) >= 11 is 0. The maximum atomic E-state index is 12.6. The molecule has 1 amide bonds. The second kappa shape index (κ2) is 14.8. The molecule has 0 aromatic heterocycles.